The number of rotatable bonds is 3. The first-order valence-corrected chi connectivity index (χ1v) is 7.32. The van der Waals surface area contributed by atoms with E-state index in [1.54, 1.807) is 0 Å². The van der Waals surface area contributed by atoms with Gasteiger partial charge in [0.25, 0.3) is 0 Å². The lowest BCUT2D eigenvalue weighted by atomic mass is 9.96. The number of hydrogen-bond donors (Lipinski definition) is 1. The summed E-state index contributed by atoms with van der Waals surface area (Å²) < 4.78 is 5.79. The van der Waals surface area contributed by atoms with E-state index in [1.807, 2.05) is 43.4 Å². The highest BCUT2D eigenvalue weighted by Crippen LogP contribution is 2.38. The Morgan fingerprint density at radius 2 is 1.85 bits per heavy atom. The summed E-state index contributed by atoms with van der Waals surface area (Å²) in [5.41, 5.74) is 3.40. The fraction of sp³-hybridized carbons (Fsp3) is 0.250. The van der Waals surface area contributed by atoms with Gasteiger partial charge in [0.05, 0.1) is 12.6 Å². The first-order valence-electron chi connectivity index (χ1n) is 6.57. The minimum Gasteiger partial charge on any atom is -0.493 e. The maximum absolute atomic E-state index is 6.24. The van der Waals surface area contributed by atoms with Crippen molar-refractivity contribution in [3.63, 3.8) is 0 Å². The van der Waals surface area contributed by atoms with E-state index in [4.69, 9.17) is 27.9 Å². The van der Waals surface area contributed by atoms with Crippen LogP contribution in [0.4, 0.5) is 0 Å². The molecule has 0 spiro atoms. The molecule has 0 radical (unpaired) electrons. The van der Waals surface area contributed by atoms with Gasteiger partial charge in [-0.1, -0.05) is 35.3 Å². The number of nitrogens with one attached hydrogen (secondary N) is 1. The van der Waals surface area contributed by atoms with Gasteiger partial charge in [-0.15, -0.1) is 0 Å². The molecule has 0 amide bonds. The molecule has 0 saturated heterocycles. The number of halogens is 2. The number of fused-ring (bicyclic) bond motifs is 1. The Hall–Kier alpha value is -1.22. The van der Waals surface area contributed by atoms with Crippen molar-refractivity contribution in [1.29, 1.82) is 0 Å². The van der Waals surface area contributed by atoms with Crippen LogP contribution in [0.3, 0.4) is 0 Å². The van der Waals surface area contributed by atoms with Crippen LogP contribution in [0.15, 0.2) is 36.4 Å². The largest absolute Gasteiger partial charge is 0.493 e. The molecule has 1 aliphatic heterocycles. The molecule has 0 aliphatic carbocycles. The molecule has 3 rings (SSSR count). The molecule has 1 unspecified atom stereocenters. The summed E-state index contributed by atoms with van der Waals surface area (Å²) in [7, 11) is 1.93. The van der Waals surface area contributed by atoms with Crippen molar-refractivity contribution >= 4 is 23.2 Å². The SMILES string of the molecule is CNC(c1ccc(Cl)cc1)c1cc(Cl)cc2c1OCC2. The average molecular weight is 308 g/mol. The van der Waals surface area contributed by atoms with Crippen molar-refractivity contribution in [2.75, 3.05) is 13.7 Å². The fourth-order valence-corrected chi connectivity index (χ4v) is 3.04. The van der Waals surface area contributed by atoms with Crippen LogP contribution in [0.25, 0.3) is 0 Å². The first-order chi connectivity index (χ1) is 9.69. The molecule has 2 aromatic rings. The van der Waals surface area contributed by atoms with Crippen LogP contribution in [0, 0.1) is 0 Å². The van der Waals surface area contributed by atoms with Gasteiger partial charge in [-0.3, -0.25) is 0 Å². The fourth-order valence-electron chi connectivity index (χ4n) is 2.67. The van der Waals surface area contributed by atoms with Gasteiger partial charge in [0, 0.05) is 22.0 Å². The smallest absolute Gasteiger partial charge is 0.127 e. The van der Waals surface area contributed by atoms with E-state index in [-0.39, 0.29) is 6.04 Å². The molecule has 104 valence electrons. The van der Waals surface area contributed by atoms with E-state index in [2.05, 4.69) is 5.32 Å². The second-order valence-corrected chi connectivity index (χ2v) is 5.73. The highest BCUT2D eigenvalue weighted by atomic mass is 35.5. The Balaban J connectivity index is 2.08. The summed E-state index contributed by atoms with van der Waals surface area (Å²) in [5, 5.41) is 4.81. The van der Waals surface area contributed by atoms with Crippen LogP contribution in [-0.4, -0.2) is 13.7 Å². The van der Waals surface area contributed by atoms with Crippen LogP contribution in [0.5, 0.6) is 5.75 Å². The van der Waals surface area contributed by atoms with Crippen LogP contribution < -0.4 is 10.1 Å². The van der Waals surface area contributed by atoms with Crippen molar-refractivity contribution < 1.29 is 4.74 Å². The lowest BCUT2D eigenvalue weighted by Crippen LogP contribution is -2.18. The van der Waals surface area contributed by atoms with Crippen molar-refractivity contribution in [2.24, 2.45) is 0 Å². The zero-order valence-electron chi connectivity index (χ0n) is 11.1. The van der Waals surface area contributed by atoms with Crippen molar-refractivity contribution in [3.05, 3.63) is 63.1 Å². The zero-order valence-corrected chi connectivity index (χ0v) is 12.6. The number of benzene rings is 2. The van der Waals surface area contributed by atoms with E-state index in [0.717, 1.165) is 39.9 Å². The summed E-state index contributed by atoms with van der Waals surface area (Å²) in [6, 6.07) is 11.8. The second-order valence-electron chi connectivity index (χ2n) is 4.85. The Morgan fingerprint density at radius 1 is 1.10 bits per heavy atom. The quantitative estimate of drug-likeness (QED) is 0.916. The summed E-state index contributed by atoms with van der Waals surface area (Å²) in [6.07, 6.45) is 0.917. The van der Waals surface area contributed by atoms with Crippen LogP contribution in [-0.2, 0) is 6.42 Å². The third-order valence-corrected chi connectivity index (χ3v) is 4.05. The first kappa shape index (κ1) is 13.7. The maximum atomic E-state index is 6.24. The van der Waals surface area contributed by atoms with Gasteiger partial charge in [-0.25, -0.2) is 0 Å². The molecule has 0 bridgehead atoms. The topological polar surface area (TPSA) is 21.3 Å². The molecular weight excluding hydrogens is 293 g/mol. The highest BCUT2D eigenvalue weighted by molar-refractivity contribution is 6.31. The molecule has 1 atom stereocenters. The Labute approximate surface area is 128 Å². The van der Waals surface area contributed by atoms with Gasteiger partial charge in [-0.05, 0) is 42.4 Å². The zero-order chi connectivity index (χ0) is 14.1. The van der Waals surface area contributed by atoms with Gasteiger partial charge in [0.15, 0.2) is 0 Å². The molecule has 1 heterocycles. The Bertz CT molecular complexity index is 625. The van der Waals surface area contributed by atoms with Gasteiger partial charge >= 0.3 is 0 Å². The molecule has 0 saturated carbocycles. The van der Waals surface area contributed by atoms with Gasteiger partial charge in [0.1, 0.15) is 5.75 Å². The van der Waals surface area contributed by atoms with Gasteiger partial charge < -0.3 is 10.1 Å². The molecule has 2 aromatic carbocycles. The third-order valence-electron chi connectivity index (χ3n) is 3.58. The lowest BCUT2D eigenvalue weighted by Gasteiger charge is -2.20. The predicted octanol–water partition coefficient (Wildman–Crippen LogP) is 4.24. The van der Waals surface area contributed by atoms with Crippen LogP contribution in [0.1, 0.15) is 22.7 Å². The molecule has 20 heavy (non-hydrogen) atoms. The van der Waals surface area contributed by atoms with E-state index >= 15 is 0 Å². The maximum Gasteiger partial charge on any atom is 0.127 e. The van der Waals surface area contributed by atoms with Crippen LogP contribution in [0.2, 0.25) is 10.0 Å². The standard InChI is InChI=1S/C16H15Cl2NO/c1-19-15(10-2-4-12(17)5-3-10)14-9-13(18)8-11-6-7-20-16(11)14/h2-5,8-9,15,19H,6-7H2,1H3. The normalized spacial score (nSPS) is 14.8. The van der Waals surface area contributed by atoms with E-state index in [1.165, 1.54) is 5.56 Å². The highest BCUT2D eigenvalue weighted by Gasteiger charge is 2.23. The molecular formula is C16H15Cl2NO. The average Bonchev–Trinajstić information content (AvgIpc) is 2.89. The van der Waals surface area contributed by atoms with Crippen molar-refractivity contribution in [1.82, 2.24) is 5.32 Å². The summed E-state index contributed by atoms with van der Waals surface area (Å²) in [4.78, 5) is 0. The summed E-state index contributed by atoms with van der Waals surface area (Å²) >= 11 is 12.2. The van der Waals surface area contributed by atoms with Gasteiger partial charge in [-0.2, -0.15) is 0 Å². The lowest BCUT2D eigenvalue weighted by molar-refractivity contribution is 0.351. The van der Waals surface area contributed by atoms with E-state index in [9.17, 15) is 0 Å². The van der Waals surface area contributed by atoms with E-state index in [0.29, 0.717) is 0 Å². The summed E-state index contributed by atoms with van der Waals surface area (Å²) in [5.74, 6) is 0.962. The molecule has 1 aliphatic rings. The Morgan fingerprint density at radius 3 is 2.55 bits per heavy atom. The minimum atomic E-state index is 0.0396. The van der Waals surface area contributed by atoms with E-state index < -0.39 is 0 Å². The second kappa shape index (κ2) is 5.65. The molecule has 2 nitrogen and oxygen atoms in total. The summed E-state index contributed by atoms with van der Waals surface area (Å²) in [6.45, 7) is 0.722. The molecule has 0 aromatic heterocycles. The van der Waals surface area contributed by atoms with Crippen LogP contribution >= 0.6 is 23.2 Å². The monoisotopic (exact) mass is 307 g/mol. The Kier molecular flexibility index (Phi) is 3.88. The number of ether oxygens (including phenoxy) is 1. The third kappa shape index (κ3) is 2.51. The van der Waals surface area contributed by atoms with Gasteiger partial charge in [0.2, 0.25) is 0 Å². The molecule has 0 fully saturated rings. The molecule has 4 heteroatoms. The number of hydrogen-bond acceptors (Lipinski definition) is 2. The van der Waals surface area contributed by atoms with Crippen molar-refractivity contribution in [2.45, 2.75) is 12.5 Å². The van der Waals surface area contributed by atoms with Crippen molar-refractivity contribution in [3.8, 4) is 5.75 Å². The minimum absolute atomic E-state index is 0.0396. The predicted molar refractivity (Wildman–Crippen MR) is 83.0 cm³/mol. The molecule has 1 N–H and O–H groups in total.